The average molecular weight is 318 g/mol. The largest absolute Gasteiger partial charge is 0.573 e. The van der Waals surface area contributed by atoms with Gasteiger partial charge >= 0.3 is 12.3 Å². The van der Waals surface area contributed by atoms with Gasteiger partial charge in [-0.25, -0.2) is 0 Å². The molecule has 1 saturated carbocycles. The molecule has 1 N–H and O–H groups in total. The first kappa shape index (κ1) is 16.6. The second-order valence-electron chi connectivity index (χ2n) is 5.46. The van der Waals surface area contributed by atoms with Crippen LogP contribution in [0.25, 0.3) is 0 Å². The Morgan fingerprint density at radius 2 is 1.82 bits per heavy atom. The predicted octanol–water partition coefficient (Wildman–Crippen LogP) is 3.58. The lowest BCUT2D eigenvalue weighted by molar-refractivity contribution is -0.274. The third-order valence-electron chi connectivity index (χ3n) is 3.53. The van der Waals surface area contributed by atoms with Crippen LogP contribution in [0.5, 0.6) is 11.5 Å². The van der Waals surface area contributed by atoms with Crippen molar-refractivity contribution in [2.24, 2.45) is 0 Å². The second kappa shape index (κ2) is 6.56. The summed E-state index contributed by atoms with van der Waals surface area (Å²) < 4.78 is 45.1. The van der Waals surface area contributed by atoms with Gasteiger partial charge in [0, 0.05) is 6.07 Å². The number of ether oxygens (including phenoxy) is 2. The number of alkyl halides is 3. The number of hydrogen-bond donors (Lipinski definition) is 1. The first-order chi connectivity index (χ1) is 10.3. The van der Waals surface area contributed by atoms with Crippen LogP contribution in [0, 0.1) is 0 Å². The van der Waals surface area contributed by atoms with Crippen molar-refractivity contribution in [1.29, 1.82) is 0 Å². The molecular formula is C15H17F3O4. The van der Waals surface area contributed by atoms with Crippen molar-refractivity contribution < 1.29 is 32.5 Å². The van der Waals surface area contributed by atoms with Crippen molar-refractivity contribution >= 4 is 5.97 Å². The van der Waals surface area contributed by atoms with Crippen LogP contribution in [-0.2, 0) is 4.79 Å². The smallest absolute Gasteiger partial charge is 0.426 e. The van der Waals surface area contributed by atoms with Gasteiger partial charge in [-0.2, -0.15) is 0 Å². The van der Waals surface area contributed by atoms with E-state index in [-0.39, 0.29) is 12.2 Å². The van der Waals surface area contributed by atoms with Crippen LogP contribution in [-0.4, -0.2) is 23.0 Å². The summed E-state index contributed by atoms with van der Waals surface area (Å²) >= 11 is 0. The highest BCUT2D eigenvalue weighted by atomic mass is 19.4. The first-order valence-corrected chi connectivity index (χ1v) is 7.05. The van der Waals surface area contributed by atoms with E-state index in [0.29, 0.717) is 12.8 Å². The van der Waals surface area contributed by atoms with Crippen molar-refractivity contribution in [1.82, 2.24) is 0 Å². The van der Waals surface area contributed by atoms with E-state index in [4.69, 9.17) is 4.74 Å². The number of halogens is 3. The maximum absolute atomic E-state index is 12.1. The molecule has 4 nitrogen and oxygen atoms in total. The molecule has 0 aromatic heterocycles. The van der Waals surface area contributed by atoms with E-state index in [1.807, 2.05) is 0 Å². The standard InChI is InChI=1S/C15H17F3O4/c16-15(17,18)22-12-6-4-5-11(9-12)21-13(19)10-14(20)7-2-1-3-8-14/h4-6,9,20H,1-3,7-8,10H2. The van der Waals surface area contributed by atoms with E-state index in [1.54, 1.807) is 0 Å². The minimum atomic E-state index is -4.81. The Morgan fingerprint density at radius 1 is 1.18 bits per heavy atom. The molecule has 0 radical (unpaired) electrons. The molecule has 0 saturated heterocycles. The summed E-state index contributed by atoms with van der Waals surface area (Å²) in [6.45, 7) is 0. The maximum atomic E-state index is 12.1. The monoisotopic (exact) mass is 318 g/mol. The summed E-state index contributed by atoms with van der Waals surface area (Å²) in [5, 5.41) is 10.3. The molecule has 1 aliphatic rings. The molecule has 1 aliphatic carbocycles. The predicted molar refractivity (Wildman–Crippen MR) is 71.4 cm³/mol. The Kier molecular flexibility index (Phi) is 4.95. The molecular weight excluding hydrogens is 301 g/mol. The SMILES string of the molecule is O=C(CC1(O)CCCCC1)Oc1cccc(OC(F)(F)F)c1. The molecule has 122 valence electrons. The van der Waals surface area contributed by atoms with E-state index in [9.17, 15) is 23.1 Å². The van der Waals surface area contributed by atoms with Crippen molar-refractivity contribution in [3.63, 3.8) is 0 Å². The zero-order chi connectivity index (χ0) is 16.2. The number of aliphatic hydroxyl groups is 1. The van der Waals surface area contributed by atoms with Crippen molar-refractivity contribution in [2.45, 2.75) is 50.5 Å². The molecule has 0 aliphatic heterocycles. The summed E-state index contributed by atoms with van der Waals surface area (Å²) in [4.78, 5) is 11.8. The van der Waals surface area contributed by atoms with Crippen LogP contribution in [0.2, 0.25) is 0 Å². The van der Waals surface area contributed by atoms with E-state index < -0.39 is 23.7 Å². The van der Waals surface area contributed by atoms with E-state index in [0.717, 1.165) is 31.4 Å². The van der Waals surface area contributed by atoms with Crippen molar-refractivity contribution in [3.8, 4) is 11.5 Å². The van der Waals surface area contributed by atoms with Gasteiger partial charge in [0.1, 0.15) is 11.5 Å². The maximum Gasteiger partial charge on any atom is 0.573 e. The lowest BCUT2D eigenvalue weighted by atomic mass is 9.82. The molecule has 1 aromatic rings. The number of rotatable bonds is 4. The summed E-state index contributed by atoms with van der Waals surface area (Å²) in [5.74, 6) is -1.19. The van der Waals surface area contributed by atoms with Gasteiger partial charge in [-0.15, -0.1) is 13.2 Å². The zero-order valence-electron chi connectivity index (χ0n) is 11.9. The van der Waals surface area contributed by atoms with E-state index in [1.165, 1.54) is 12.1 Å². The molecule has 2 rings (SSSR count). The highest BCUT2D eigenvalue weighted by molar-refractivity contribution is 5.73. The Balaban J connectivity index is 1.95. The lowest BCUT2D eigenvalue weighted by Gasteiger charge is -2.30. The Bertz CT molecular complexity index is 522. The van der Waals surface area contributed by atoms with Gasteiger partial charge in [0.15, 0.2) is 0 Å². The third-order valence-corrected chi connectivity index (χ3v) is 3.53. The molecule has 0 atom stereocenters. The van der Waals surface area contributed by atoms with Crippen LogP contribution in [0.3, 0.4) is 0 Å². The molecule has 0 heterocycles. The van der Waals surface area contributed by atoms with Gasteiger partial charge in [0.25, 0.3) is 0 Å². The Hall–Kier alpha value is -1.76. The van der Waals surface area contributed by atoms with E-state index in [2.05, 4.69) is 4.74 Å². The van der Waals surface area contributed by atoms with E-state index >= 15 is 0 Å². The molecule has 0 spiro atoms. The second-order valence-corrected chi connectivity index (χ2v) is 5.46. The zero-order valence-corrected chi connectivity index (χ0v) is 11.9. The van der Waals surface area contributed by atoms with Crippen LogP contribution in [0.4, 0.5) is 13.2 Å². The fourth-order valence-corrected chi connectivity index (χ4v) is 2.56. The summed E-state index contributed by atoms with van der Waals surface area (Å²) in [6, 6.07) is 4.74. The van der Waals surface area contributed by atoms with Crippen molar-refractivity contribution in [3.05, 3.63) is 24.3 Å². The summed E-state index contributed by atoms with van der Waals surface area (Å²) in [7, 11) is 0. The Labute approximate surface area is 125 Å². The minimum Gasteiger partial charge on any atom is -0.426 e. The topological polar surface area (TPSA) is 55.8 Å². The molecule has 1 aromatic carbocycles. The first-order valence-electron chi connectivity index (χ1n) is 7.05. The lowest BCUT2D eigenvalue weighted by Crippen LogP contribution is -2.35. The van der Waals surface area contributed by atoms with Crippen molar-refractivity contribution in [2.75, 3.05) is 0 Å². The van der Waals surface area contributed by atoms with Gasteiger partial charge in [-0.3, -0.25) is 4.79 Å². The average Bonchev–Trinajstić information content (AvgIpc) is 2.36. The quantitative estimate of drug-likeness (QED) is 0.681. The summed E-state index contributed by atoms with van der Waals surface area (Å²) in [5.41, 5.74) is -1.07. The number of esters is 1. The number of hydrogen-bond acceptors (Lipinski definition) is 4. The fraction of sp³-hybridized carbons (Fsp3) is 0.533. The summed E-state index contributed by atoms with van der Waals surface area (Å²) in [6.07, 6.45) is -1.21. The molecule has 0 unspecified atom stereocenters. The van der Waals surface area contributed by atoms with Gasteiger partial charge in [0.2, 0.25) is 0 Å². The van der Waals surface area contributed by atoms with Crippen LogP contribution < -0.4 is 9.47 Å². The van der Waals surface area contributed by atoms with Gasteiger partial charge in [-0.1, -0.05) is 25.3 Å². The van der Waals surface area contributed by atoms with Gasteiger partial charge in [-0.05, 0) is 25.0 Å². The van der Waals surface area contributed by atoms with Gasteiger partial charge in [0.05, 0.1) is 12.0 Å². The highest BCUT2D eigenvalue weighted by Gasteiger charge is 2.33. The number of carbonyl (C=O) groups excluding carboxylic acids is 1. The highest BCUT2D eigenvalue weighted by Crippen LogP contribution is 2.32. The molecule has 1 fully saturated rings. The molecule has 22 heavy (non-hydrogen) atoms. The number of carbonyl (C=O) groups is 1. The fourth-order valence-electron chi connectivity index (χ4n) is 2.56. The normalized spacial score (nSPS) is 17.8. The Morgan fingerprint density at radius 3 is 2.45 bits per heavy atom. The molecule has 7 heteroatoms. The van der Waals surface area contributed by atoms with Gasteiger partial charge < -0.3 is 14.6 Å². The van der Waals surface area contributed by atoms with Crippen LogP contribution in [0.1, 0.15) is 38.5 Å². The van der Waals surface area contributed by atoms with Crippen LogP contribution in [0.15, 0.2) is 24.3 Å². The minimum absolute atomic E-state index is 0.0499. The number of benzene rings is 1. The molecule has 0 bridgehead atoms. The molecule has 0 amide bonds. The van der Waals surface area contributed by atoms with Crippen LogP contribution >= 0.6 is 0 Å². The third kappa shape index (κ3) is 5.22.